The molecule has 1 heterocycles. The van der Waals surface area contributed by atoms with Crippen LogP contribution >= 0.6 is 0 Å². The van der Waals surface area contributed by atoms with Gasteiger partial charge in [-0.15, -0.1) is 0 Å². The van der Waals surface area contributed by atoms with Crippen molar-refractivity contribution in [3.8, 4) is 0 Å². The van der Waals surface area contributed by atoms with Crippen molar-refractivity contribution >= 4 is 0 Å². The molecule has 2 atom stereocenters. The first-order valence-electron chi connectivity index (χ1n) is 8.64. The molecule has 1 aromatic carbocycles. The van der Waals surface area contributed by atoms with E-state index in [1.165, 1.54) is 56.2 Å². The third-order valence-electron chi connectivity index (χ3n) is 5.55. The smallest absolute Gasteiger partial charge is 0.0919 e. The Morgan fingerprint density at radius 2 is 1.90 bits per heavy atom. The Balaban J connectivity index is 1.67. The Kier molecular flexibility index (Phi) is 4.66. The standard InChI is InChI=1S/C19H29NO/c1-14-9-10-17(15(2)12-14)19(21)13-20-11-5-8-18(20)16-6-3-4-7-16/h9-10,12,16,18-19,21H,3-8,11,13H2,1-2H3. The van der Waals surface area contributed by atoms with Crippen molar-refractivity contribution < 1.29 is 5.11 Å². The van der Waals surface area contributed by atoms with E-state index >= 15 is 0 Å². The van der Waals surface area contributed by atoms with Crippen LogP contribution in [0.2, 0.25) is 0 Å². The summed E-state index contributed by atoms with van der Waals surface area (Å²) < 4.78 is 0. The molecular weight excluding hydrogens is 258 g/mol. The molecule has 1 saturated heterocycles. The highest BCUT2D eigenvalue weighted by molar-refractivity contribution is 5.32. The molecule has 2 heteroatoms. The van der Waals surface area contributed by atoms with E-state index in [0.29, 0.717) is 0 Å². The van der Waals surface area contributed by atoms with E-state index in [-0.39, 0.29) is 6.10 Å². The third kappa shape index (κ3) is 3.32. The predicted octanol–water partition coefficient (Wildman–Crippen LogP) is 3.99. The number of aliphatic hydroxyl groups excluding tert-OH is 1. The highest BCUT2D eigenvalue weighted by Crippen LogP contribution is 2.36. The van der Waals surface area contributed by atoms with Crippen molar-refractivity contribution in [2.24, 2.45) is 5.92 Å². The van der Waals surface area contributed by atoms with Gasteiger partial charge in [-0.25, -0.2) is 0 Å². The van der Waals surface area contributed by atoms with E-state index in [9.17, 15) is 5.11 Å². The molecular formula is C19H29NO. The molecule has 0 amide bonds. The van der Waals surface area contributed by atoms with E-state index in [0.717, 1.165) is 24.1 Å². The van der Waals surface area contributed by atoms with Crippen LogP contribution in [-0.4, -0.2) is 29.1 Å². The van der Waals surface area contributed by atoms with Gasteiger partial charge in [0.1, 0.15) is 0 Å². The summed E-state index contributed by atoms with van der Waals surface area (Å²) in [5, 5.41) is 10.7. The number of hydrogen-bond acceptors (Lipinski definition) is 2. The fourth-order valence-corrected chi connectivity index (χ4v) is 4.47. The van der Waals surface area contributed by atoms with Crippen LogP contribution in [0, 0.1) is 19.8 Å². The van der Waals surface area contributed by atoms with Crippen molar-refractivity contribution in [2.45, 2.75) is 64.5 Å². The highest BCUT2D eigenvalue weighted by atomic mass is 16.3. The van der Waals surface area contributed by atoms with Crippen LogP contribution in [0.5, 0.6) is 0 Å². The molecule has 116 valence electrons. The molecule has 1 N–H and O–H groups in total. The average molecular weight is 287 g/mol. The van der Waals surface area contributed by atoms with Crippen LogP contribution in [0.4, 0.5) is 0 Å². The Labute approximate surface area is 129 Å². The van der Waals surface area contributed by atoms with E-state index in [1.807, 2.05) is 0 Å². The molecule has 2 unspecified atom stereocenters. The summed E-state index contributed by atoms with van der Waals surface area (Å²) >= 11 is 0. The van der Waals surface area contributed by atoms with Crippen molar-refractivity contribution in [2.75, 3.05) is 13.1 Å². The second-order valence-electron chi connectivity index (χ2n) is 7.12. The van der Waals surface area contributed by atoms with Gasteiger partial charge in [-0.1, -0.05) is 36.6 Å². The lowest BCUT2D eigenvalue weighted by Gasteiger charge is -2.31. The molecule has 1 aliphatic carbocycles. The zero-order valence-electron chi connectivity index (χ0n) is 13.5. The molecule has 0 aromatic heterocycles. The fraction of sp³-hybridized carbons (Fsp3) is 0.684. The van der Waals surface area contributed by atoms with Crippen LogP contribution in [0.1, 0.15) is 61.3 Å². The predicted molar refractivity (Wildman–Crippen MR) is 87.4 cm³/mol. The number of hydrogen-bond donors (Lipinski definition) is 1. The number of aliphatic hydroxyl groups is 1. The SMILES string of the molecule is Cc1ccc(C(O)CN2CCCC2C2CCCC2)c(C)c1. The molecule has 2 fully saturated rings. The first-order chi connectivity index (χ1) is 10.1. The average Bonchev–Trinajstić information content (AvgIpc) is 3.08. The van der Waals surface area contributed by atoms with Gasteiger partial charge >= 0.3 is 0 Å². The first-order valence-corrected chi connectivity index (χ1v) is 8.64. The van der Waals surface area contributed by atoms with Gasteiger partial charge in [-0.05, 0) is 63.1 Å². The number of likely N-dealkylation sites (tertiary alicyclic amines) is 1. The summed E-state index contributed by atoms with van der Waals surface area (Å²) in [4.78, 5) is 2.57. The number of aryl methyl sites for hydroxylation is 2. The maximum absolute atomic E-state index is 10.7. The molecule has 1 aliphatic heterocycles. The second kappa shape index (κ2) is 6.50. The third-order valence-corrected chi connectivity index (χ3v) is 5.55. The van der Waals surface area contributed by atoms with Crippen molar-refractivity contribution in [1.82, 2.24) is 4.90 Å². The summed E-state index contributed by atoms with van der Waals surface area (Å²) in [5.74, 6) is 0.888. The molecule has 1 saturated carbocycles. The number of rotatable bonds is 4. The molecule has 0 radical (unpaired) electrons. The molecule has 0 spiro atoms. The summed E-state index contributed by atoms with van der Waals surface area (Å²) in [7, 11) is 0. The summed E-state index contributed by atoms with van der Waals surface area (Å²) in [6.45, 7) is 6.21. The normalized spacial score (nSPS) is 25.6. The Morgan fingerprint density at radius 1 is 1.14 bits per heavy atom. The lowest BCUT2D eigenvalue weighted by atomic mass is 9.95. The Hall–Kier alpha value is -0.860. The molecule has 2 nitrogen and oxygen atoms in total. The molecule has 1 aromatic rings. The van der Waals surface area contributed by atoms with Crippen LogP contribution in [0.15, 0.2) is 18.2 Å². The second-order valence-corrected chi connectivity index (χ2v) is 7.12. The minimum atomic E-state index is -0.340. The van der Waals surface area contributed by atoms with Gasteiger partial charge in [-0.3, -0.25) is 4.90 Å². The maximum atomic E-state index is 10.7. The Bertz CT molecular complexity index is 478. The highest BCUT2D eigenvalue weighted by Gasteiger charge is 2.34. The zero-order valence-corrected chi connectivity index (χ0v) is 13.5. The lowest BCUT2D eigenvalue weighted by molar-refractivity contribution is 0.0890. The van der Waals surface area contributed by atoms with Gasteiger partial charge in [0.15, 0.2) is 0 Å². The fourth-order valence-electron chi connectivity index (χ4n) is 4.47. The van der Waals surface area contributed by atoms with E-state index in [4.69, 9.17) is 0 Å². The van der Waals surface area contributed by atoms with Crippen LogP contribution in [0.3, 0.4) is 0 Å². The summed E-state index contributed by atoms with van der Waals surface area (Å²) in [6.07, 6.45) is 7.93. The van der Waals surface area contributed by atoms with Gasteiger partial charge in [0.05, 0.1) is 6.10 Å². The van der Waals surface area contributed by atoms with E-state index < -0.39 is 0 Å². The number of benzene rings is 1. The largest absolute Gasteiger partial charge is 0.387 e. The van der Waals surface area contributed by atoms with E-state index in [2.05, 4.69) is 36.9 Å². The molecule has 0 bridgehead atoms. The quantitative estimate of drug-likeness (QED) is 0.905. The number of nitrogens with zero attached hydrogens (tertiary/aromatic N) is 1. The van der Waals surface area contributed by atoms with Crippen molar-refractivity contribution in [3.05, 3.63) is 34.9 Å². The monoisotopic (exact) mass is 287 g/mol. The molecule has 21 heavy (non-hydrogen) atoms. The summed E-state index contributed by atoms with van der Waals surface area (Å²) in [6, 6.07) is 7.13. The lowest BCUT2D eigenvalue weighted by Crippen LogP contribution is -2.37. The zero-order chi connectivity index (χ0) is 14.8. The molecule has 3 rings (SSSR count). The van der Waals surface area contributed by atoms with Crippen molar-refractivity contribution in [1.29, 1.82) is 0 Å². The minimum absolute atomic E-state index is 0.340. The Morgan fingerprint density at radius 3 is 2.62 bits per heavy atom. The first kappa shape index (κ1) is 15.1. The minimum Gasteiger partial charge on any atom is -0.387 e. The van der Waals surface area contributed by atoms with Gasteiger partial charge in [0, 0.05) is 12.6 Å². The van der Waals surface area contributed by atoms with Crippen molar-refractivity contribution in [3.63, 3.8) is 0 Å². The van der Waals surface area contributed by atoms with E-state index in [1.54, 1.807) is 0 Å². The summed E-state index contributed by atoms with van der Waals surface area (Å²) in [5.41, 5.74) is 3.60. The van der Waals surface area contributed by atoms with Gasteiger partial charge in [0.2, 0.25) is 0 Å². The van der Waals surface area contributed by atoms with Gasteiger partial charge in [-0.2, -0.15) is 0 Å². The maximum Gasteiger partial charge on any atom is 0.0919 e. The van der Waals surface area contributed by atoms with Crippen LogP contribution in [-0.2, 0) is 0 Å². The van der Waals surface area contributed by atoms with Crippen LogP contribution < -0.4 is 0 Å². The van der Waals surface area contributed by atoms with Gasteiger partial charge < -0.3 is 5.11 Å². The number of β-amino-alcohol motifs (C(OH)–C–C–N with tert-alkyl or cyclic N) is 1. The van der Waals surface area contributed by atoms with Crippen LogP contribution in [0.25, 0.3) is 0 Å². The molecule has 2 aliphatic rings. The topological polar surface area (TPSA) is 23.5 Å². The van der Waals surface area contributed by atoms with Gasteiger partial charge in [0.25, 0.3) is 0 Å².